The van der Waals surface area contributed by atoms with E-state index >= 15 is 0 Å². The molecule has 0 aromatic rings. The molecule has 0 saturated carbocycles. The van der Waals surface area contributed by atoms with E-state index < -0.39 is 0 Å². The van der Waals surface area contributed by atoms with E-state index in [2.05, 4.69) is 51.8 Å². The highest BCUT2D eigenvalue weighted by molar-refractivity contribution is 4.80. The molecule has 2 heteroatoms. The largest absolute Gasteiger partial charge is 0.315 e. The summed E-state index contributed by atoms with van der Waals surface area (Å²) >= 11 is 0. The van der Waals surface area contributed by atoms with Gasteiger partial charge in [0.05, 0.1) is 0 Å². The monoisotopic (exact) mass is 256 g/mol. The molecule has 0 aliphatic heterocycles. The molecule has 1 N–H and O–H groups in total. The van der Waals surface area contributed by atoms with Crippen LogP contribution in [0.25, 0.3) is 0 Å². The zero-order valence-electron chi connectivity index (χ0n) is 13.6. The molecule has 0 fully saturated rings. The van der Waals surface area contributed by atoms with Crippen molar-refractivity contribution in [3.8, 4) is 0 Å². The Labute approximate surface area is 116 Å². The first-order chi connectivity index (χ1) is 8.60. The fourth-order valence-electron chi connectivity index (χ4n) is 2.80. The van der Waals surface area contributed by atoms with Crippen LogP contribution in [0.2, 0.25) is 0 Å². The summed E-state index contributed by atoms with van der Waals surface area (Å²) in [5.74, 6) is 0.756. The Balaban J connectivity index is 4.70. The van der Waals surface area contributed by atoms with Gasteiger partial charge in [0.25, 0.3) is 0 Å². The first-order valence-corrected chi connectivity index (χ1v) is 8.06. The number of rotatable bonds is 11. The van der Waals surface area contributed by atoms with Crippen LogP contribution in [0.15, 0.2) is 0 Å². The zero-order chi connectivity index (χ0) is 14.0. The molecule has 2 nitrogen and oxygen atoms in total. The van der Waals surface area contributed by atoms with E-state index in [1.54, 1.807) is 0 Å². The van der Waals surface area contributed by atoms with Crippen molar-refractivity contribution in [2.75, 3.05) is 19.6 Å². The molecule has 1 atom stereocenters. The highest BCUT2D eigenvalue weighted by Crippen LogP contribution is 2.18. The maximum atomic E-state index is 3.55. The van der Waals surface area contributed by atoms with Crippen LogP contribution in [0.3, 0.4) is 0 Å². The molecule has 0 aliphatic carbocycles. The van der Waals surface area contributed by atoms with Gasteiger partial charge in [-0.05, 0) is 31.7 Å². The average molecular weight is 256 g/mol. The summed E-state index contributed by atoms with van der Waals surface area (Å²) in [6.45, 7) is 17.3. The minimum atomic E-state index is 0.710. The van der Waals surface area contributed by atoms with Crippen LogP contribution in [0.1, 0.15) is 67.2 Å². The van der Waals surface area contributed by atoms with Crippen molar-refractivity contribution in [3.63, 3.8) is 0 Å². The summed E-state index contributed by atoms with van der Waals surface area (Å²) in [7, 11) is 0. The molecule has 0 aliphatic rings. The first kappa shape index (κ1) is 17.9. The molecule has 0 amide bonds. The zero-order valence-corrected chi connectivity index (χ0v) is 13.6. The Kier molecular flexibility index (Phi) is 10.8. The van der Waals surface area contributed by atoms with Crippen molar-refractivity contribution in [2.45, 2.75) is 79.3 Å². The van der Waals surface area contributed by atoms with Crippen LogP contribution < -0.4 is 5.32 Å². The topological polar surface area (TPSA) is 15.3 Å². The number of hydrogen-bond donors (Lipinski definition) is 1. The van der Waals surface area contributed by atoms with Gasteiger partial charge < -0.3 is 5.32 Å². The predicted molar refractivity (Wildman–Crippen MR) is 83.2 cm³/mol. The molecule has 18 heavy (non-hydrogen) atoms. The fraction of sp³-hybridized carbons (Fsp3) is 1.00. The number of hydrogen-bond acceptors (Lipinski definition) is 2. The Morgan fingerprint density at radius 1 is 0.944 bits per heavy atom. The minimum Gasteiger partial charge on any atom is -0.315 e. The van der Waals surface area contributed by atoms with Crippen LogP contribution in [0.5, 0.6) is 0 Å². The third kappa shape index (κ3) is 6.75. The van der Waals surface area contributed by atoms with Crippen LogP contribution in [0.4, 0.5) is 0 Å². The van der Waals surface area contributed by atoms with Crippen molar-refractivity contribution in [3.05, 3.63) is 0 Å². The molecule has 0 saturated heterocycles. The Bertz CT molecular complexity index is 176. The Morgan fingerprint density at radius 3 is 1.94 bits per heavy atom. The van der Waals surface area contributed by atoms with Crippen molar-refractivity contribution < 1.29 is 0 Å². The van der Waals surface area contributed by atoms with Crippen LogP contribution in [-0.2, 0) is 0 Å². The lowest BCUT2D eigenvalue weighted by atomic mass is 10.0. The number of nitrogens with zero attached hydrogens (tertiary/aromatic N) is 1. The molecule has 0 radical (unpaired) electrons. The molecule has 0 aromatic heterocycles. The summed E-state index contributed by atoms with van der Waals surface area (Å²) < 4.78 is 0. The molecular formula is C16H36N2. The van der Waals surface area contributed by atoms with Crippen molar-refractivity contribution in [1.82, 2.24) is 10.2 Å². The van der Waals surface area contributed by atoms with Gasteiger partial charge in [-0.1, -0.05) is 48.0 Å². The van der Waals surface area contributed by atoms with E-state index in [1.165, 1.54) is 32.2 Å². The van der Waals surface area contributed by atoms with Gasteiger partial charge in [-0.3, -0.25) is 4.90 Å². The smallest absolute Gasteiger partial charge is 0.0223 e. The van der Waals surface area contributed by atoms with Crippen LogP contribution >= 0.6 is 0 Å². The molecule has 0 aromatic carbocycles. The standard InChI is InChI=1S/C16H36N2/c1-7-11-16(12-17-10-4)18(13-14(5)6)15(8-2)9-3/h14-17H,7-13H2,1-6H3. The molecule has 0 spiro atoms. The maximum Gasteiger partial charge on any atom is 0.0223 e. The molecule has 0 bridgehead atoms. The lowest BCUT2D eigenvalue weighted by molar-refractivity contribution is 0.101. The van der Waals surface area contributed by atoms with Gasteiger partial charge in [-0.25, -0.2) is 0 Å². The van der Waals surface area contributed by atoms with Gasteiger partial charge >= 0.3 is 0 Å². The molecule has 0 rings (SSSR count). The van der Waals surface area contributed by atoms with Gasteiger partial charge in [0.15, 0.2) is 0 Å². The Morgan fingerprint density at radius 2 is 1.56 bits per heavy atom. The average Bonchev–Trinajstić information content (AvgIpc) is 2.34. The third-order valence-electron chi connectivity index (χ3n) is 3.71. The van der Waals surface area contributed by atoms with E-state index in [0.717, 1.165) is 25.0 Å². The molecular weight excluding hydrogens is 220 g/mol. The maximum absolute atomic E-state index is 3.55. The summed E-state index contributed by atoms with van der Waals surface area (Å²) in [6.07, 6.45) is 5.14. The first-order valence-electron chi connectivity index (χ1n) is 8.06. The van der Waals surface area contributed by atoms with Crippen molar-refractivity contribution in [1.29, 1.82) is 0 Å². The van der Waals surface area contributed by atoms with E-state index in [4.69, 9.17) is 0 Å². The summed E-state index contributed by atoms with van der Waals surface area (Å²) in [5, 5.41) is 3.55. The second kappa shape index (κ2) is 10.8. The van der Waals surface area contributed by atoms with Gasteiger partial charge in [-0.2, -0.15) is 0 Å². The van der Waals surface area contributed by atoms with Crippen LogP contribution in [0, 0.1) is 5.92 Å². The second-order valence-electron chi connectivity index (χ2n) is 5.81. The predicted octanol–water partition coefficient (Wildman–Crippen LogP) is 3.91. The summed E-state index contributed by atoms with van der Waals surface area (Å²) in [5.41, 5.74) is 0. The lowest BCUT2D eigenvalue weighted by Crippen LogP contribution is -2.49. The summed E-state index contributed by atoms with van der Waals surface area (Å²) in [4.78, 5) is 2.77. The van der Waals surface area contributed by atoms with E-state index in [0.29, 0.717) is 6.04 Å². The highest BCUT2D eigenvalue weighted by atomic mass is 15.2. The van der Waals surface area contributed by atoms with Crippen LogP contribution in [-0.4, -0.2) is 36.6 Å². The van der Waals surface area contributed by atoms with E-state index in [9.17, 15) is 0 Å². The van der Waals surface area contributed by atoms with E-state index in [1.807, 2.05) is 0 Å². The molecule has 0 heterocycles. The molecule has 110 valence electrons. The Hall–Kier alpha value is -0.0800. The normalized spacial score (nSPS) is 13.8. The van der Waals surface area contributed by atoms with Crippen molar-refractivity contribution >= 4 is 0 Å². The van der Waals surface area contributed by atoms with E-state index in [-0.39, 0.29) is 0 Å². The second-order valence-corrected chi connectivity index (χ2v) is 5.81. The molecule has 1 unspecified atom stereocenters. The fourth-order valence-corrected chi connectivity index (χ4v) is 2.80. The number of likely N-dealkylation sites (N-methyl/N-ethyl adjacent to an activating group) is 1. The van der Waals surface area contributed by atoms with Gasteiger partial charge in [-0.15, -0.1) is 0 Å². The summed E-state index contributed by atoms with van der Waals surface area (Å²) in [6, 6.07) is 1.46. The van der Waals surface area contributed by atoms with Gasteiger partial charge in [0.1, 0.15) is 0 Å². The number of nitrogens with one attached hydrogen (secondary N) is 1. The van der Waals surface area contributed by atoms with Crippen molar-refractivity contribution in [2.24, 2.45) is 5.92 Å². The van der Waals surface area contributed by atoms with Gasteiger partial charge in [0, 0.05) is 25.2 Å². The highest BCUT2D eigenvalue weighted by Gasteiger charge is 2.23. The lowest BCUT2D eigenvalue weighted by Gasteiger charge is -2.39. The minimum absolute atomic E-state index is 0.710. The van der Waals surface area contributed by atoms with Gasteiger partial charge in [0.2, 0.25) is 0 Å². The third-order valence-corrected chi connectivity index (χ3v) is 3.71. The SMILES string of the molecule is CCCC(CNCC)N(CC(C)C)C(CC)CC. The quantitative estimate of drug-likeness (QED) is 0.603.